The van der Waals surface area contributed by atoms with Crippen LogP contribution in [-0.2, 0) is 12.9 Å². The molecule has 0 aliphatic carbocycles. The smallest absolute Gasteiger partial charge is 0.160 e. The van der Waals surface area contributed by atoms with Crippen LogP contribution in [0.3, 0.4) is 0 Å². The maximum Gasteiger partial charge on any atom is 0.160 e. The zero-order valence-corrected chi connectivity index (χ0v) is 11.4. The molecule has 0 radical (unpaired) electrons. The molecule has 0 N–H and O–H groups in total. The van der Waals surface area contributed by atoms with Crippen molar-refractivity contribution in [2.24, 2.45) is 7.05 Å². The number of fused-ring (bicyclic) bond motifs is 1. The first kappa shape index (κ1) is 12.0. The first-order chi connectivity index (χ1) is 9.24. The third-order valence-corrected chi connectivity index (χ3v) is 3.22. The Bertz CT molecular complexity index is 731. The van der Waals surface area contributed by atoms with Crippen LogP contribution < -0.4 is 4.74 Å². The second-order valence-electron chi connectivity index (χ2n) is 4.17. The van der Waals surface area contributed by atoms with Crippen LogP contribution in [0.25, 0.3) is 16.9 Å². The average Bonchev–Trinajstić information content (AvgIpc) is 3.00. The Labute approximate surface area is 115 Å². The summed E-state index contributed by atoms with van der Waals surface area (Å²) in [7, 11) is 3.51. The summed E-state index contributed by atoms with van der Waals surface area (Å²) in [5, 5.41) is 4.41. The van der Waals surface area contributed by atoms with E-state index in [1.807, 2.05) is 42.1 Å². The average molecular weight is 277 g/mol. The normalized spacial score (nSPS) is 11.1. The second kappa shape index (κ2) is 4.59. The predicted octanol–water partition coefficient (Wildman–Crippen LogP) is 2.51. The van der Waals surface area contributed by atoms with E-state index in [1.54, 1.807) is 11.8 Å². The number of hydrogen-bond donors (Lipinski definition) is 0. The molecule has 2 aromatic heterocycles. The molecule has 0 bridgehead atoms. The highest BCUT2D eigenvalue weighted by atomic mass is 35.5. The predicted molar refractivity (Wildman–Crippen MR) is 73.9 cm³/mol. The van der Waals surface area contributed by atoms with Crippen molar-refractivity contribution in [1.29, 1.82) is 0 Å². The zero-order chi connectivity index (χ0) is 13.4. The van der Waals surface area contributed by atoms with Crippen molar-refractivity contribution < 1.29 is 4.74 Å². The molecule has 5 nitrogen and oxygen atoms in total. The maximum absolute atomic E-state index is 6.00. The van der Waals surface area contributed by atoms with Crippen LogP contribution >= 0.6 is 11.6 Å². The monoisotopic (exact) mass is 276 g/mol. The van der Waals surface area contributed by atoms with Gasteiger partial charge >= 0.3 is 0 Å². The van der Waals surface area contributed by atoms with Crippen LogP contribution in [0.5, 0.6) is 5.75 Å². The molecule has 6 heteroatoms. The zero-order valence-electron chi connectivity index (χ0n) is 10.7. The van der Waals surface area contributed by atoms with Gasteiger partial charge in [0.15, 0.2) is 5.82 Å². The van der Waals surface area contributed by atoms with Gasteiger partial charge < -0.3 is 4.74 Å². The molecule has 0 aliphatic heterocycles. The highest BCUT2D eigenvalue weighted by Gasteiger charge is 2.15. The van der Waals surface area contributed by atoms with E-state index in [9.17, 15) is 0 Å². The standard InChI is InChI=1S/C13H13ClN4O/c1-17-7-6-11(16-17)18-9-4-3-5-10(19-2)13(9)15-12(18)8-14/h3-7H,8H2,1-2H3. The van der Waals surface area contributed by atoms with Gasteiger partial charge in [0.25, 0.3) is 0 Å². The number of imidazole rings is 1. The van der Waals surface area contributed by atoms with Crippen LogP contribution in [0.1, 0.15) is 5.82 Å². The van der Waals surface area contributed by atoms with Gasteiger partial charge in [-0.25, -0.2) is 4.98 Å². The molecule has 0 aliphatic rings. The molecule has 0 saturated carbocycles. The summed E-state index contributed by atoms with van der Waals surface area (Å²) in [5.74, 6) is 2.60. The van der Waals surface area contributed by atoms with Gasteiger partial charge in [-0.1, -0.05) is 6.07 Å². The minimum absolute atomic E-state index is 0.314. The SMILES string of the molecule is COc1cccc2c1nc(CCl)n2-c1ccn(C)n1. The maximum atomic E-state index is 6.00. The summed E-state index contributed by atoms with van der Waals surface area (Å²) >= 11 is 6.00. The Hall–Kier alpha value is -2.01. The Morgan fingerprint density at radius 2 is 2.16 bits per heavy atom. The topological polar surface area (TPSA) is 44.9 Å². The first-order valence-corrected chi connectivity index (χ1v) is 6.38. The number of halogens is 1. The van der Waals surface area contributed by atoms with Crippen molar-refractivity contribution >= 4 is 22.6 Å². The van der Waals surface area contributed by atoms with Gasteiger partial charge in [-0.05, 0) is 12.1 Å². The van der Waals surface area contributed by atoms with Gasteiger partial charge in [0, 0.05) is 19.3 Å². The van der Waals surface area contributed by atoms with Crippen LogP contribution in [-0.4, -0.2) is 26.4 Å². The Morgan fingerprint density at radius 3 is 2.79 bits per heavy atom. The van der Waals surface area contributed by atoms with Crippen LogP contribution in [0, 0.1) is 0 Å². The lowest BCUT2D eigenvalue weighted by molar-refractivity contribution is 0.419. The lowest BCUT2D eigenvalue weighted by Gasteiger charge is -2.04. The number of aromatic nitrogens is 4. The minimum Gasteiger partial charge on any atom is -0.494 e. The largest absolute Gasteiger partial charge is 0.494 e. The number of aryl methyl sites for hydroxylation is 1. The molecule has 2 heterocycles. The van der Waals surface area contributed by atoms with Crippen molar-refractivity contribution in [1.82, 2.24) is 19.3 Å². The number of benzene rings is 1. The van der Waals surface area contributed by atoms with E-state index in [0.29, 0.717) is 5.88 Å². The first-order valence-electron chi connectivity index (χ1n) is 5.85. The van der Waals surface area contributed by atoms with Crippen molar-refractivity contribution in [2.45, 2.75) is 5.88 Å². The number of hydrogen-bond acceptors (Lipinski definition) is 3. The molecule has 0 unspecified atom stereocenters. The van der Waals surface area contributed by atoms with Gasteiger partial charge in [-0.3, -0.25) is 9.25 Å². The Balaban J connectivity index is 2.33. The fourth-order valence-corrected chi connectivity index (χ4v) is 2.33. The molecule has 19 heavy (non-hydrogen) atoms. The van der Waals surface area contributed by atoms with E-state index < -0.39 is 0 Å². The van der Waals surface area contributed by atoms with Crippen molar-refractivity contribution in [3.63, 3.8) is 0 Å². The third-order valence-electron chi connectivity index (χ3n) is 2.99. The number of alkyl halides is 1. The van der Waals surface area contributed by atoms with E-state index in [2.05, 4.69) is 10.1 Å². The summed E-state index contributed by atoms with van der Waals surface area (Å²) in [5.41, 5.74) is 1.74. The fourth-order valence-electron chi connectivity index (χ4n) is 2.15. The summed E-state index contributed by atoms with van der Waals surface area (Å²) in [6.07, 6.45) is 1.89. The summed E-state index contributed by atoms with van der Waals surface area (Å²) < 4.78 is 9.04. The van der Waals surface area contributed by atoms with Crippen LogP contribution in [0.15, 0.2) is 30.5 Å². The van der Waals surface area contributed by atoms with Crippen molar-refractivity contribution in [2.75, 3.05) is 7.11 Å². The Morgan fingerprint density at radius 1 is 1.32 bits per heavy atom. The molecule has 0 atom stereocenters. The molecule has 0 saturated heterocycles. The quantitative estimate of drug-likeness (QED) is 0.691. The summed E-state index contributed by atoms with van der Waals surface area (Å²) in [4.78, 5) is 4.54. The van der Waals surface area contributed by atoms with Crippen LogP contribution in [0.4, 0.5) is 0 Å². The molecular weight excluding hydrogens is 264 g/mol. The van der Waals surface area contributed by atoms with E-state index >= 15 is 0 Å². The van der Waals surface area contributed by atoms with E-state index in [0.717, 1.165) is 28.4 Å². The number of nitrogens with zero attached hydrogens (tertiary/aromatic N) is 4. The molecule has 1 aromatic carbocycles. The number of methoxy groups -OCH3 is 1. The summed E-state index contributed by atoms with van der Waals surface area (Å²) in [6, 6.07) is 7.72. The lowest BCUT2D eigenvalue weighted by Crippen LogP contribution is -2.01. The molecular formula is C13H13ClN4O. The fraction of sp³-hybridized carbons (Fsp3) is 0.231. The van der Waals surface area contributed by atoms with Crippen molar-refractivity contribution in [3.8, 4) is 11.6 Å². The highest BCUT2D eigenvalue weighted by molar-refractivity contribution is 6.17. The van der Waals surface area contributed by atoms with E-state index in [1.165, 1.54) is 0 Å². The Kier molecular flexibility index (Phi) is 2.91. The minimum atomic E-state index is 0.314. The number of rotatable bonds is 3. The van der Waals surface area contributed by atoms with Gasteiger partial charge in [-0.15, -0.1) is 11.6 Å². The van der Waals surface area contributed by atoms with Gasteiger partial charge in [0.2, 0.25) is 0 Å². The molecule has 0 spiro atoms. The lowest BCUT2D eigenvalue weighted by atomic mass is 10.3. The van der Waals surface area contributed by atoms with Gasteiger partial charge in [0.1, 0.15) is 17.1 Å². The second-order valence-corrected chi connectivity index (χ2v) is 4.44. The van der Waals surface area contributed by atoms with Crippen LogP contribution in [0.2, 0.25) is 0 Å². The van der Waals surface area contributed by atoms with Crippen molar-refractivity contribution in [3.05, 3.63) is 36.3 Å². The third kappa shape index (κ3) is 1.86. The molecule has 3 aromatic rings. The van der Waals surface area contributed by atoms with Gasteiger partial charge in [0.05, 0.1) is 18.5 Å². The van der Waals surface area contributed by atoms with Gasteiger partial charge in [-0.2, -0.15) is 5.10 Å². The summed E-state index contributed by atoms with van der Waals surface area (Å²) in [6.45, 7) is 0. The molecule has 98 valence electrons. The van der Waals surface area contributed by atoms with E-state index in [-0.39, 0.29) is 0 Å². The number of para-hydroxylation sites is 1. The van der Waals surface area contributed by atoms with E-state index in [4.69, 9.17) is 16.3 Å². The number of ether oxygens (including phenoxy) is 1. The highest BCUT2D eigenvalue weighted by Crippen LogP contribution is 2.28. The molecule has 0 amide bonds. The molecule has 0 fully saturated rings. The molecule has 3 rings (SSSR count).